The van der Waals surface area contributed by atoms with Gasteiger partial charge in [0.05, 0.1) is 11.1 Å². The topological polar surface area (TPSA) is 93.8 Å². The zero-order valence-electron chi connectivity index (χ0n) is 10.5. The molecule has 8 heteroatoms. The predicted octanol–water partition coefficient (Wildman–Crippen LogP) is -0.378. The number of fused-ring (bicyclic) bond motifs is 1. The molecular weight excluding hydrogens is 262 g/mol. The second-order valence-electron chi connectivity index (χ2n) is 4.48. The van der Waals surface area contributed by atoms with Gasteiger partial charge in [-0.3, -0.25) is 19.9 Å². The number of urea groups is 1. The summed E-state index contributed by atoms with van der Waals surface area (Å²) < 4.78 is 0. The number of rotatable bonds is 4. The van der Waals surface area contributed by atoms with Crippen LogP contribution >= 0.6 is 0 Å². The molecule has 1 aromatic rings. The van der Waals surface area contributed by atoms with Crippen LogP contribution in [-0.4, -0.2) is 40.8 Å². The summed E-state index contributed by atoms with van der Waals surface area (Å²) in [6, 6.07) is 6.46. The third-order valence-electron chi connectivity index (χ3n) is 3.25. The van der Waals surface area contributed by atoms with Crippen LogP contribution < -0.4 is 16.5 Å². The summed E-state index contributed by atoms with van der Waals surface area (Å²) in [7, 11) is 0. The number of amides is 4. The Morgan fingerprint density at radius 2 is 1.60 bits per heavy atom. The second kappa shape index (κ2) is 4.91. The van der Waals surface area contributed by atoms with E-state index in [1.165, 1.54) is 9.91 Å². The van der Waals surface area contributed by atoms with Crippen LogP contribution in [-0.2, 0) is 0 Å². The summed E-state index contributed by atoms with van der Waals surface area (Å²) in [6.07, 6.45) is 0.494. The third-order valence-corrected chi connectivity index (χ3v) is 3.25. The minimum absolute atomic E-state index is 0.275. The molecule has 0 aliphatic carbocycles. The molecule has 0 radical (unpaired) electrons. The summed E-state index contributed by atoms with van der Waals surface area (Å²) in [5.41, 5.74) is 8.31. The molecule has 0 spiro atoms. The zero-order chi connectivity index (χ0) is 14.1. The van der Waals surface area contributed by atoms with E-state index in [-0.39, 0.29) is 24.4 Å². The molecule has 0 aromatic heterocycles. The SMILES string of the molecule is O=C1NNNN1CCCN1C(=O)c2ccccc2C1=O. The van der Waals surface area contributed by atoms with Gasteiger partial charge in [0.2, 0.25) is 0 Å². The van der Waals surface area contributed by atoms with Crippen LogP contribution in [0.3, 0.4) is 0 Å². The molecule has 0 atom stereocenters. The van der Waals surface area contributed by atoms with Gasteiger partial charge in [0, 0.05) is 13.1 Å². The number of imide groups is 1. The van der Waals surface area contributed by atoms with Gasteiger partial charge >= 0.3 is 6.03 Å². The highest BCUT2D eigenvalue weighted by Crippen LogP contribution is 2.22. The fourth-order valence-electron chi connectivity index (χ4n) is 2.25. The second-order valence-corrected chi connectivity index (χ2v) is 4.48. The average Bonchev–Trinajstić information content (AvgIpc) is 2.97. The minimum atomic E-state index is -0.299. The largest absolute Gasteiger partial charge is 0.348 e. The average molecular weight is 275 g/mol. The fraction of sp³-hybridized carbons (Fsp3) is 0.250. The van der Waals surface area contributed by atoms with Gasteiger partial charge in [0.1, 0.15) is 0 Å². The van der Waals surface area contributed by atoms with Gasteiger partial charge in [-0.2, -0.15) is 0 Å². The molecule has 2 aliphatic rings. The summed E-state index contributed by atoms with van der Waals surface area (Å²) in [5.74, 6) is -0.551. The van der Waals surface area contributed by atoms with Gasteiger partial charge in [-0.1, -0.05) is 12.1 Å². The summed E-state index contributed by atoms with van der Waals surface area (Å²) in [6.45, 7) is 0.657. The lowest BCUT2D eigenvalue weighted by molar-refractivity contribution is 0.0648. The number of hydrogen-bond donors (Lipinski definition) is 3. The molecule has 1 aromatic carbocycles. The van der Waals surface area contributed by atoms with E-state index in [0.29, 0.717) is 24.1 Å². The van der Waals surface area contributed by atoms with Crippen LogP contribution in [0, 0.1) is 0 Å². The first kappa shape index (κ1) is 12.6. The van der Waals surface area contributed by atoms with Crippen molar-refractivity contribution in [1.82, 2.24) is 26.4 Å². The van der Waals surface area contributed by atoms with Gasteiger partial charge in [0.15, 0.2) is 0 Å². The lowest BCUT2D eigenvalue weighted by atomic mass is 10.1. The van der Waals surface area contributed by atoms with Gasteiger partial charge in [-0.15, -0.1) is 11.1 Å². The van der Waals surface area contributed by atoms with Gasteiger partial charge in [-0.05, 0) is 18.6 Å². The van der Waals surface area contributed by atoms with Gasteiger partial charge in [-0.25, -0.2) is 9.80 Å². The molecule has 0 bridgehead atoms. The molecule has 0 saturated carbocycles. The Morgan fingerprint density at radius 1 is 0.950 bits per heavy atom. The molecule has 3 N–H and O–H groups in total. The van der Waals surface area contributed by atoms with Crippen LogP contribution in [0.2, 0.25) is 0 Å². The van der Waals surface area contributed by atoms with Crippen LogP contribution in [0.25, 0.3) is 0 Å². The highest BCUT2D eigenvalue weighted by molar-refractivity contribution is 6.21. The van der Waals surface area contributed by atoms with Crippen molar-refractivity contribution >= 4 is 17.8 Å². The van der Waals surface area contributed by atoms with Crippen molar-refractivity contribution in [3.63, 3.8) is 0 Å². The lowest BCUT2D eigenvalue weighted by Crippen LogP contribution is -2.40. The van der Waals surface area contributed by atoms with E-state index in [1.54, 1.807) is 24.3 Å². The first-order valence-corrected chi connectivity index (χ1v) is 6.22. The van der Waals surface area contributed by atoms with Gasteiger partial charge in [0.25, 0.3) is 11.8 Å². The maximum absolute atomic E-state index is 12.1. The Bertz CT molecular complexity index is 553. The van der Waals surface area contributed by atoms with Crippen LogP contribution in [0.1, 0.15) is 27.1 Å². The van der Waals surface area contributed by atoms with E-state index in [1.807, 2.05) is 0 Å². The summed E-state index contributed by atoms with van der Waals surface area (Å²) in [4.78, 5) is 36.6. The Balaban J connectivity index is 1.61. The molecule has 104 valence electrons. The first-order valence-electron chi connectivity index (χ1n) is 6.22. The molecule has 3 rings (SSSR count). The molecule has 1 fully saturated rings. The number of hydrazine groups is 3. The fourth-order valence-corrected chi connectivity index (χ4v) is 2.25. The molecule has 1 saturated heterocycles. The van der Waals surface area contributed by atoms with E-state index in [9.17, 15) is 14.4 Å². The molecule has 4 amide bonds. The van der Waals surface area contributed by atoms with Crippen molar-refractivity contribution in [2.75, 3.05) is 13.1 Å². The Kier molecular flexibility index (Phi) is 3.09. The van der Waals surface area contributed by atoms with Crippen molar-refractivity contribution < 1.29 is 14.4 Å². The molecule has 20 heavy (non-hydrogen) atoms. The Labute approximate surface area is 114 Å². The number of hydrogen-bond acceptors (Lipinski definition) is 5. The quantitative estimate of drug-likeness (QED) is 0.651. The monoisotopic (exact) mass is 275 g/mol. The van der Waals surface area contributed by atoms with Gasteiger partial charge < -0.3 is 0 Å². The summed E-state index contributed by atoms with van der Waals surface area (Å²) in [5, 5.41) is 1.33. The molecule has 0 unspecified atom stereocenters. The lowest BCUT2D eigenvalue weighted by Gasteiger charge is -2.16. The zero-order valence-corrected chi connectivity index (χ0v) is 10.5. The minimum Gasteiger partial charge on any atom is -0.274 e. The molecule has 2 heterocycles. The predicted molar refractivity (Wildman–Crippen MR) is 67.9 cm³/mol. The third kappa shape index (κ3) is 2.00. The highest BCUT2D eigenvalue weighted by Gasteiger charge is 2.34. The van der Waals surface area contributed by atoms with Crippen molar-refractivity contribution in [3.05, 3.63) is 35.4 Å². The Hall–Kier alpha value is -2.45. The normalized spacial score (nSPS) is 17.7. The molecule has 8 nitrogen and oxygen atoms in total. The molecule has 2 aliphatic heterocycles. The van der Waals surface area contributed by atoms with Crippen molar-refractivity contribution in [2.24, 2.45) is 0 Å². The number of nitrogens with one attached hydrogen (secondary N) is 3. The van der Waals surface area contributed by atoms with Crippen molar-refractivity contribution in [2.45, 2.75) is 6.42 Å². The maximum atomic E-state index is 12.1. The standard InChI is InChI=1S/C12H13N5O3/c18-10-8-4-1-2-5-9(8)11(19)16(10)6-3-7-17-12(20)13-14-15-17/h1-2,4-5,14-15H,3,6-7H2,(H,13,20). The van der Waals surface area contributed by atoms with Crippen LogP contribution in [0.5, 0.6) is 0 Å². The van der Waals surface area contributed by atoms with Crippen LogP contribution in [0.4, 0.5) is 4.79 Å². The van der Waals surface area contributed by atoms with Crippen molar-refractivity contribution in [3.8, 4) is 0 Å². The highest BCUT2D eigenvalue weighted by atomic mass is 16.2. The summed E-state index contributed by atoms with van der Waals surface area (Å²) >= 11 is 0. The Morgan fingerprint density at radius 3 is 2.15 bits per heavy atom. The number of nitrogens with zero attached hydrogens (tertiary/aromatic N) is 2. The van der Waals surface area contributed by atoms with E-state index in [0.717, 1.165) is 0 Å². The van der Waals surface area contributed by atoms with Crippen LogP contribution in [0.15, 0.2) is 24.3 Å². The van der Waals surface area contributed by atoms with E-state index in [4.69, 9.17) is 0 Å². The van der Waals surface area contributed by atoms with E-state index >= 15 is 0 Å². The number of carbonyl (C=O) groups excluding carboxylic acids is 3. The van der Waals surface area contributed by atoms with E-state index in [2.05, 4.69) is 16.5 Å². The van der Waals surface area contributed by atoms with E-state index < -0.39 is 0 Å². The molecular formula is C12H13N5O3. The number of benzene rings is 1. The maximum Gasteiger partial charge on any atom is 0.348 e. The van der Waals surface area contributed by atoms with Crippen molar-refractivity contribution in [1.29, 1.82) is 0 Å². The number of carbonyl (C=O) groups is 3. The smallest absolute Gasteiger partial charge is 0.274 e. The first-order chi connectivity index (χ1) is 9.68.